The predicted molar refractivity (Wildman–Crippen MR) is 232 cm³/mol. The third kappa shape index (κ3) is 10.2. The summed E-state index contributed by atoms with van der Waals surface area (Å²) in [5.74, 6) is 7.50. The molecule has 0 saturated heterocycles. The van der Waals surface area contributed by atoms with Crippen LogP contribution in [-0.4, -0.2) is 26.4 Å². The van der Waals surface area contributed by atoms with E-state index in [4.69, 9.17) is 26.5 Å². The predicted octanol–water partition coefficient (Wildman–Crippen LogP) is 14.5. The first-order chi connectivity index (χ1) is 24.3. The standard InChI is InChI=1S/C47H72O2.2CH3.2ClH.Zr/c1-28-21-39-37(27-40(47(9,10)11)44(49-13)42(39)30-17-15-14-16-18-30)35(28)26-36-29(2)22-38-34(19-20-41(48-12)43(36)38)31-23-32(45(3,4)5)25-33(24-31)46(6,7)8;;;;;/h14-18,23-25,28-29,34-44H,19-22,26-27H2,1-13H3;2*1H3;2*1H;/q;2*-1;;;+4/p-2. The monoisotopic (exact) mass is 858 g/mol. The van der Waals surface area contributed by atoms with Crippen LogP contribution in [0.5, 0.6) is 0 Å². The molecule has 4 fully saturated rings. The molecule has 2 aromatic rings. The van der Waals surface area contributed by atoms with Crippen molar-refractivity contribution in [2.75, 3.05) is 14.2 Å². The van der Waals surface area contributed by atoms with Crippen molar-refractivity contribution in [3.63, 3.8) is 0 Å². The molecular weight excluding hydrogens is 783 g/mol. The second-order valence-corrected chi connectivity index (χ2v) is 24.5. The van der Waals surface area contributed by atoms with Crippen molar-refractivity contribution in [3.8, 4) is 0 Å². The van der Waals surface area contributed by atoms with E-state index in [-0.39, 0.29) is 37.2 Å². The summed E-state index contributed by atoms with van der Waals surface area (Å²) in [6, 6.07) is 19.2. The van der Waals surface area contributed by atoms with Crippen LogP contribution in [0.25, 0.3) is 0 Å². The number of ether oxygens (including phenoxy) is 2. The van der Waals surface area contributed by atoms with E-state index in [1.54, 1.807) is 5.56 Å². The molecule has 13 atom stereocenters. The molecule has 0 amide bonds. The van der Waals surface area contributed by atoms with Crippen LogP contribution in [0.3, 0.4) is 0 Å². The van der Waals surface area contributed by atoms with Crippen LogP contribution in [0.15, 0.2) is 48.5 Å². The van der Waals surface area contributed by atoms with Crippen molar-refractivity contribution in [1.82, 2.24) is 0 Å². The maximum atomic E-state index is 6.52. The normalized spacial score (nSPS) is 35.0. The number of rotatable bonds is 6. The Hall–Kier alpha value is -0.177. The van der Waals surface area contributed by atoms with Crippen molar-refractivity contribution in [2.45, 2.75) is 150 Å². The van der Waals surface area contributed by atoms with Crippen LogP contribution < -0.4 is 0 Å². The van der Waals surface area contributed by atoms with Crippen molar-refractivity contribution in [3.05, 3.63) is 85.6 Å². The zero-order valence-corrected chi connectivity index (χ0v) is 40.9. The topological polar surface area (TPSA) is 18.5 Å². The number of hydrogen-bond donors (Lipinski definition) is 0. The zero-order valence-electron chi connectivity index (χ0n) is 36.9. The van der Waals surface area contributed by atoms with Gasteiger partial charge < -0.3 is 24.3 Å². The van der Waals surface area contributed by atoms with Crippen molar-refractivity contribution in [1.29, 1.82) is 0 Å². The number of benzene rings is 2. The van der Waals surface area contributed by atoms with Gasteiger partial charge in [-0.05, 0) is 136 Å². The summed E-state index contributed by atoms with van der Waals surface area (Å²) in [6.45, 7) is 27.0. The molecule has 4 aliphatic carbocycles. The molecule has 0 aromatic heterocycles. The number of halogens is 2. The van der Waals surface area contributed by atoms with E-state index >= 15 is 0 Å². The molecule has 4 aliphatic rings. The van der Waals surface area contributed by atoms with Gasteiger partial charge in [0.05, 0.1) is 12.2 Å². The van der Waals surface area contributed by atoms with Gasteiger partial charge in [0.15, 0.2) is 0 Å². The Morgan fingerprint density at radius 2 is 1.20 bits per heavy atom. The Balaban J connectivity index is 0.00000152. The summed E-state index contributed by atoms with van der Waals surface area (Å²) in [4.78, 5) is 0. The van der Waals surface area contributed by atoms with E-state index in [0.29, 0.717) is 41.6 Å². The Morgan fingerprint density at radius 3 is 1.70 bits per heavy atom. The number of fused-ring (bicyclic) bond motifs is 2. The van der Waals surface area contributed by atoms with Gasteiger partial charge in [0.2, 0.25) is 0 Å². The van der Waals surface area contributed by atoms with Gasteiger partial charge in [-0.1, -0.05) is 125 Å². The Morgan fingerprint density at radius 1 is 0.667 bits per heavy atom. The average molecular weight is 861 g/mol. The van der Waals surface area contributed by atoms with Crippen molar-refractivity contribution >= 4 is 17.0 Å². The Bertz CT molecular complexity index is 1410. The molecule has 0 radical (unpaired) electrons. The van der Waals surface area contributed by atoms with Gasteiger partial charge in [0.1, 0.15) is 0 Å². The van der Waals surface area contributed by atoms with Crippen LogP contribution in [-0.2, 0) is 41.2 Å². The molecule has 5 heteroatoms. The summed E-state index contributed by atoms with van der Waals surface area (Å²) in [5.41, 5.74) is 6.62. The van der Waals surface area contributed by atoms with Crippen LogP contribution in [0.4, 0.5) is 0 Å². The van der Waals surface area contributed by atoms with Crippen LogP contribution >= 0.6 is 17.0 Å². The van der Waals surface area contributed by atoms with Crippen LogP contribution in [0.1, 0.15) is 149 Å². The average Bonchev–Trinajstić information content (AvgIpc) is 3.57. The van der Waals surface area contributed by atoms with Crippen molar-refractivity contribution in [2.24, 2.45) is 58.7 Å². The van der Waals surface area contributed by atoms with Gasteiger partial charge in [0.25, 0.3) is 0 Å². The van der Waals surface area contributed by atoms with Gasteiger partial charge in [-0.25, -0.2) is 0 Å². The van der Waals surface area contributed by atoms with Gasteiger partial charge >= 0.3 is 37.9 Å². The van der Waals surface area contributed by atoms with Gasteiger partial charge in [-0.15, -0.1) is 0 Å². The van der Waals surface area contributed by atoms with E-state index in [2.05, 4.69) is 125 Å². The number of methoxy groups -OCH3 is 2. The number of hydrogen-bond acceptors (Lipinski definition) is 2. The first kappa shape index (κ1) is 48.2. The van der Waals surface area contributed by atoms with Gasteiger partial charge in [-0.2, -0.15) is 0 Å². The van der Waals surface area contributed by atoms with Gasteiger partial charge in [0, 0.05) is 20.1 Å². The molecule has 0 N–H and O–H groups in total. The fourth-order valence-electron chi connectivity index (χ4n) is 12.2. The van der Waals surface area contributed by atoms with Crippen molar-refractivity contribution < 1.29 is 30.3 Å². The molecule has 2 nitrogen and oxygen atoms in total. The second kappa shape index (κ2) is 19.3. The molecule has 4 saturated carbocycles. The summed E-state index contributed by atoms with van der Waals surface area (Å²) in [7, 11) is 13.9. The fraction of sp³-hybridized carbons (Fsp3) is 0.714. The molecule has 0 heterocycles. The summed E-state index contributed by atoms with van der Waals surface area (Å²) in [6.07, 6.45) is 8.50. The minimum absolute atomic E-state index is 0. The zero-order chi connectivity index (χ0) is 38.3. The quantitative estimate of drug-likeness (QED) is 0.270. The fourth-order valence-corrected chi connectivity index (χ4v) is 12.2. The molecular formula is C49H78Cl2O2Zr. The SMILES string of the molecule is COC1CCC(c2cc(C(C)(C)C)cc(C(C)(C)C)c2)C2CC(C)C(CC3C(C)CC4C3CC(C(C)(C)C)C(OC)C4c3ccccc3)C12.[CH3-].[CH3-].[Cl][Zr+2][Cl]. The minimum atomic E-state index is -0.826. The first-order valence-corrected chi connectivity index (χ1v) is 26.9. The van der Waals surface area contributed by atoms with E-state index in [0.717, 1.165) is 29.6 Å². The Kier molecular flexibility index (Phi) is 17.2. The first-order valence-electron chi connectivity index (χ1n) is 20.6. The van der Waals surface area contributed by atoms with Crippen LogP contribution in [0.2, 0.25) is 0 Å². The van der Waals surface area contributed by atoms with Crippen LogP contribution in [0, 0.1) is 73.5 Å². The summed E-state index contributed by atoms with van der Waals surface area (Å²) < 4.78 is 13.0. The summed E-state index contributed by atoms with van der Waals surface area (Å²) >= 11 is -0.826. The van der Waals surface area contributed by atoms with E-state index in [9.17, 15) is 0 Å². The Labute approximate surface area is 353 Å². The molecule has 0 bridgehead atoms. The van der Waals surface area contributed by atoms with E-state index in [1.165, 1.54) is 55.2 Å². The molecule has 2 aromatic carbocycles. The summed E-state index contributed by atoms with van der Waals surface area (Å²) in [5, 5.41) is 0. The molecule has 0 spiro atoms. The maximum absolute atomic E-state index is 6.52. The molecule has 6 rings (SSSR count). The van der Waals surface area contributed by atoms with E-state index < -0.39 is 20.8 Å². The second-order valence-electron chi connectivity index (χ2n) is 20.8. The molecule has 304 valence electrons. The van der Waals surface area contributed by atoms with Gasteiger partial charge in [-0.3, -0.25) is 0 Å². The molecule has 54 heavy (non-hydrogen) atoms. The third-order valence-electron chi connectivity index (χ3n) is 14.8. The molecule has 13 unspecified atom stereocenters. The third-order valence-corrected chi connectivity index (χ3v) is 14.8. The van der Waals surface area contributed by atoms with E-state index in [1.807, 2.05) is 14.2 Å². The molecule has 0 aliphatic heterocycles.